The minimum atomic E-state index is 0.753. The highest BCUT2D eigenvalue weighted by atomic mass is 32.1. The number of pyridine rings is 1. The lowest BCUT2D eigenvalue weighted by Crippen LogP contribution is -2.02. The first-order valence-corrected chi connectivity index (χ1v) is 6.20. The van der Waals surface area contributed by atoms with E-state index in [1.54, 1.807) is 17.5 Å². The molecule has 0 aromatic carbocycles. The summed E-state index contributed by atoms with van der Waals surface area (Å²) in [4.78, 5) is 9.97. The van der Waals surface area contributed by atoms with Crippen molar-refractivity contribution in [3.05, 3.63) is 40.0 Å². The average Bonchev–Trinajstić information content (AvgIpc) is 2.76. The van der Waals surface area contributed by atoms with Gasteiger partial charge in [-0.2, -0.15) is 0 Å². The van der Waals surface area contributed by atoms with E-state index in [4.69, 9.17) is 0 Å². The van der Waals surface area contributed by atoms with Crippen LogP contribution in [0.3, 0.4) is 0 Å². The van der Waals surface area contributed by atoms with Crippen LogP contribution in [-0.4, -0.2) is 9.97 Å². The fourth-order valence-corrected chi connectivity index (χ4v) is 2.23. The van der Waals surface area contributed by atoms with Crippen LogP contribution < -0.4 is 5.32 Å². The van der Waals surface area contributed by atoms with Crippen LogP contribution in [0, 0.1) is 6.92 Å². The second-order valence-corrected chi connectivity index (χ2v) is 4.80. The number of aryl methyl sites for hydroxylation is 2. The van der Waals surface area contributed by atoms with Crippen molar-refractivity contribution < 1.29 is 0 Å². The monoisotopic (exact) mass is 233 g/mol. The molecule has 0 bridgehead atoms. The summed E-state index contributed by atoms with van der Waals surface area (Å²) >= 11 is 1.76. The van der Waals surface area contributed by atoms with Gasteiger partial charge in [0.1, 0.15) is 10.8 Å². The third kappa shape index (κ3) is 2.58. The van der Waals surface area contributed by atoms with E-state index in [2.05, 4.69) is 35.2 Å². The number of hydrogen-bond donors (Lipinski definition) is 1. The molecule has 2 rings (SSSR count). The average molecular weight is 233 g/mol. The van der Waals surface area contributed by atoms with E-state index in [0.29, 0.717) is 0 Å². The Balaban J connectivity index is 1.99. The maximum absolute atomic E-state index is 4.36. The molecule has 3 nitrogen and oxygen atoms in total. The van der Waals surface area contributed by atoms with Gasteiger partial charge in [-0.25, -0.2) is 9.97 Å². The Kier molecular flexibility index (Phi) is 3.51. The van der Waals surface area contributed by atoms with E-state index >= 15 is 0 Å². The van der Waals surface area contributed by atoms with Gasteiger partial charge < -0.3 is 5.32 Å². The second kappa shape index (κ2) is 5.07. The zero-order chi connectivity index (χ0) is 11.4. The molecule has 16 heavy (non-hydrogen) atoms. The number of hydrogen-bond acceptors (Lipinski definition) is 4. The third-order valence-corrected chi connectivity index (χ3v) is 3.51. The van der Waals surface area contributed by atoms with Crippen LogP contribution in [0.15, 0.2) is 24.5 Å². The van der Waals surface area contributed by atoms with E-state index in [-0.39, 0.29) is 0 Å². The van der Waals surface area contributed by atoms with Crippen LogP contribution in [-0.2, 0) is 13.0 Å². The van der Waals surface area contributed by atoms with Gasteiger partial charge in [-0.1, -0.05) is 13.0 Å². The number of rotatable bonds is 4. The molecule has 0 amide bonds. The molecule has 0 fully saturated rings. The summed E-state index contributed by atoms with van der Waals surface area (Å²) in [5.41, 5.74) is 1.16. The van der Waals surface area contributed by atoms with E-state index in [1.165, 1.54) is 4.88 Å². The Labute approximate surface area is 99.6 Å². The molecule has 0 radical (unpaired) electrons. The Morgan fingerprint density at radius 3 is 2.94 bits per heavy atom. The van der Waals surface area contributed by atoms with Gasteiger partial charge in [0.25, 0.3) is 0 Å². The predicted molar refractivity (Wildman–Crippen MR) is 67.8 cm³/mol. The highest BCUT2D eigenvalue weighted by Crippen LogP contribution is 2.16. The molecule has 4 heteroatoms. The maximum atomic E-state index is 4.36. The van der Waals surface area contributed by atoms with Crippen LogP contribution in [0.1, 0.15) is 22.4 Å². The summed E-state index contributed by atoms with van der Waals surface area (Å²) in [5.74, 6) is 0.941. The first-order chi connectivity index (χ1) is 7.79. The molecule has 0 aliphatic carbocycles. The Morgan fingerprint density at radius 1 is 1.38 bits per heavy atom. The van der Waals surface area contributed by atoms with Crippen molar-refractivity contribution in [3.63, 3.8) is 0 Å². The molecule has 0 aliphatic heterocycles. The van der Waals surface area contributed by atoms with Crippen molar-refractivity contribution in [2.75, 3.05) is 5.32 Å². The predicted octanol–water partition coefficient (Wildman–Crippen LogP) is 3.02. The Morgan fingerprint density at radius 2 is 2.25 bits per heavy atom. The number of anilines is 1. The molecule has 0 saturated carbocycles. The largest absolute Gasteiger partial charge is 0.363 e. The quantitative estimate of drug-likeness (QED) is 0.882. The van der Waals surface area contributed by atoms with E-state index in [0.717, 1.165) is 29.4 Å². The van der Waals surface area contributed by atoms with Crippen LogP contribution in [0.25, 0.3) is 0 Å². The fraction of sp³-hybridized carbons (Fsp3) is 0.333. The molecule has 0 spiro atoms. The van der Waals surface area contributed by atoms with Gasteiger partial charge in [0, 0.05) is 17.3 Å². The van der Waals surface area contributed by atoms with Crippen LogP contribution in [0.2, 0.25) is 0 Å². The lowest BCUT2D eigenvalue weighted by Gasteiger charge is -2.05. The van der Waals surface area contributed by atoms with E-state index in [1.807, 2.05) is 12.3 Å². The van der Waals surface area contributed by atoms with Gasteiger partial charge in [-0.3, -0.25) is 0 Å². The Bertz CT molecular complexity index is 465. The molecule has 2 heterocycles. The molecule has 0 unspecified atom stereocenters. The highest BCUT2D eigenvalue weighted by molar-refractivity contribution is 7.11. The SMILES string of the molecule is CCc1cnc(CNc2ncccc2C)s1. The summed E-state index contributed by atoms with van der Waals surface area (Å²) in [5, 5.41) is 4.42. The molecular weight excluding hydrogens is 218 g/mol. The first-order valence-electron chi connectivity index (χ1n) is 5.38. The molecule has 2 aromatic heterocycles. The second-order valence-electron chi connectivity index (χ2n) is 3.60. The topological polar surface area (TPSA) is 37.8 Å². The van der Waals surface area contributed by atoms with Crippen molar-refractivity contribution in [2.45, 2.75) is 26.8 Å². The third-order valence-electron chi connectivity index (χ3n) is 2.37. The Hall–Kier alpha value is -1.42. The maximum Gasteiger partial charge on any atom is 0.129 e. The number of aromatic nitrogens is 2. The summed E-state index contributed by atoms with van der Waals surface area (Å²) < 4.78 is 0. The lowest BCUT2D eigenvalue weighted by molar-refractivity contribution is 1.06. The van der Waals surface area contributed by atoms with Gasteiger partial charge in [-0.15, -0.1) is 11.3 Å². The molecule has 0 atom stereocenters. The van der Waals surface area contributed by atoms with Crippen LogP contribution in [0.4, 0.5) is 5.82 Å². The van der Waals surface area contributed by atoms with Crippen LogP contribution in [0.5, 0.6) is 0 Å². The molecular formula is C12H15N3S. The number of nitrogens with one attached hydrogen (secondary N) is 1. The summed E-state index contributed by atoms with van der Waals surface area (Å²) in [6, 6.07) is 3.99. The first kappa shape index (κ1) is 11.1. The zero-order valence-corrected chi connectivity index (χ0v) is 10.3. The summed E-state index contributed by atoms with van der Waals surface area (Å²) in [7, 11) is 0. The van der Waals surface area contributed by atoms with Crippen molar-refractivity contribution >= 4 is 17.2 Å². The van der Waals surface area contributed by atoms with Gasteiger partial charge in [0.2, 0.25) is 0 Å². The van der Waals surface area contributed by atoms with Gasteiger partial charge in [0.15, 0.2) is 0 Å². The van der Waals surface area contributed by atoms with Crippen molar-refractivity contribution in [2.24, 2.45) is 0 Å². The lowest BCUT2D eigenvalue weighted by atomic mass is 10.3. The standard InChI is InChI=1S/C12H15N3S/c1-3-10-7-14-11(16-10)8-15-12-9(2)5-4-6-13-12/h4-7H,3,8H2,1-2H3,(H,13,15). The van der Waals surface area contributed by atoms with E-state index in [9.17, 15) is 0 Å². The van der Waals surface area contributed by atoms with Crippen molar-refractivity contribution in [1.82, 2.24) is 9.97 Å². The fourth-order valence-electron chi connectivity index (χ4n) is 1.42. The van der Waals surface area contributed by atoms with Gasteiger partial charge in [-0.05, 0) is 25.0 Å². The molecule has 1 N–H and O–H groups in total. The molecule has 84 valence electrons. The van der Waals surface area contributed by atoms with Gasteiger partial charge >= 0.3 is 0 Å². The normalized spacial score (nSPS) is 10.4. The van der Waals surface area contributed by atoms with Gasteiger partial charge in [0.05, 0.1) is 6.54 Å². The summed E-state index contributed by atoms with van der Waals surface area (Å²) in [6.07, 6.45) is 4.81. The van der Waals surface area contributed by atoms with Crippen LogP contribution >= 0.6 is 11.3 Å². The summed E-state index contributed by atoms with van der Waals surface area (Å²) in [6.45, 7) is 4.95. The van der Waals surface area contributed by atoms with Crippen molar-refractivity contribution in [3.8, 4) is 0 Å². The van der Waals surface area contributed by atoms with E-state index < -0.39 is 0 Å². The highest BCUT2D eigenvalue weighted by Gasteiger charge is 2.02. The smallest absolute Gasteiger partial charge is 0.129 e. The molecule has 0 saturated heterocycles. The van der Waals surface area contributed by atoms with Crippen molar-refractivity contribution in [1.29, 1.82) is 0 Å². The number of nitrogens with zero attached hydrogens (tertiary/aromatic N) is 2. The minimum absolute atomic E-state index is 0.753. The molecule has 0 aliphatic rings. The minimum Gasteiger partial charge on any atom is -0.363 e. The molecule has 2 aromatic rings. The zero-order valence-electron chi connectivity index (χ0n) is 9.53. The number of thiazole rings is 1.